The average molecular weight is 596 g/mol. The molecule has 0 unspecified atom stereocenters. The number of hydrogen-bond acceptors (Lipinski definition) is 8. The van der Waals surface area contributed by atoms with Crippen molar-refractivity contribution in [1.29, 1.82) is 0 Å². The highest BCUT2D eigenvalue weighted by molar-refractivity contribution is 7.09. The van der Waals surface area contributed by atoms with Crippen molar-refractivity contribution in [3.63, 3.8) is 0 Å². The van der Waals surface area contributed by atoms with Crippen molar-refractivity contribution >= 4 is 46.4 Å². The quantitative estimate of drug-likeness (QED) is 0.290. The number of fused-ring (bicyclic) bond motifs is 1. The van der Waals surface area contributed by atoms with E-state index >= 15 is 0 Å². The Hall–Kier alpha value is -4.29. The zero-order valence-corrected chi connectivity index (χ0v) is 25.3. The molecule has 1 aromatic heterocycles. The Morgan fingerprint density at radius 3 is 2.21 bits per heavy atom. The zero-order valence-electron chi connectivity index (χ0n) is 24.5. The van der Waals surface area contributed by atoms with E-state index in [1.54, 1.807) is 66.8 Å². The lowest BCUT2D eigenvalue weighted by atomic mass is 10.1. The van der Waals surface area contributed by atoms with Crippen molar-refractivity contribution in [2.45, 2.75) is 32.9 Å². The Bertz CT molecular complexity index is 1400. The molecule has 1 aliphatic rings. The monoisotopic (exact) mass is 595 g/mol. The van der Waals surface area contributed by atoms with Crippen LogP contribution in [0.3, 0.4) is 0 Å². The van der Waals surface area contributed by atoms with Crippen molar-refractivity contribution < 1.29 is 28.6 Å². The topological polar surface area (TPSA) is 121 Å². The summed E-state index contributed by atoms with van der Waals surface area (Å²) in [5.74, 6) is 0.929. The standard InChI is InChI=1S/C30H37N5O6S/c1-30(2,3)41-29(38)33-24-19-42-18-23(24)32-27(36)21-8-6-20(7-9-21)17-35(13-12-34(4)5)28(37)31-22-10-11-25-26(16-22)40-15-14-39-25/h6-11,16,18-19H,12-15,17H2,1-5H3,(H,31,37)(H,32,36)(H,33,38). The molecule has 2 heterocycles. The molecule has 4 rings (SSSR count). The van der Waals surface area contributed by atoms with Gasteiger partial charge < -0.3 is 34.6 Å². The maximum absolute atomic E-state index is 13.3. The van der Waals surface area contributed by atoms with Crippen molar-refractivity contribution in [2.75, 3.05) is 56.3 Å². The molecule has 11 nitrogen and oxygen atoms in total. The van der Waals surface area contributed by atoms with Crippen LogP contribution < -0.4 is 25.4 Å². The molecule has 42 heavy (non-hydrogen) atoms. The third kappa shape index (κ3) is 8.85. The lowest BCUT2D eigenvalue weighted by Gasteiger charge is -2.25. The molecule has 4 amide bonds. The van der Waals surface area contributed by atoms with Gasteiger partial charge in [0.05, 0.1) is 11.4 Å². The lowest BCUT2D eigenvalue weighted by Crippen LogP contribution is -2.39. The number of anilines is 3. The minimum atomic E-state index is -0.639. The molecule has 12 heteroatoms. The van der Waals surface area contributed by atoms with Gasteiger partial charge in [0.1, 0.15) is 18.8 Å². The molecule has 1 aliphatic heterocycles. The summed E-state index contributed by atoms with van der Waals surface area (Å²) >= 11 is 1.34. The minimum absolute atomic E-state index is 0.252. The van der Waals surface area contributed by atoms with Gasteiger partial charge in [-0.1, -0.05) is 12.1 Å². The molecule has 0 radical (unpaired) electrons. The highest BCUT2D eigenvalue weighted by Gasteiger charge is 2.20. The zero-order chi connectivity index (χ0) is 30.3. The summed E-state index contributed by atoms with van der Waals surface area (Å²) in [5, 5.41) is 11.9. The predicted octanol–water partition coefficient (Wildman–Crippen LogP) is 5.71. The molecule has 2 aromatic carbocycles. The number of likely N-dealkylation sites (N-methyl/N-ethyl adjacent to an activating group) is 1. The molecule has 0 spiro atoms. The summed E-state index contributed by atoms with van der Waals surface area (Å²) in [4.78, 5) is 42.1. The average Bonchev–Trinajstić information content (AvgIpc) is 3.35. The normalized spacial score (nSPS) is 12.4. The molecule has 3 aromatic rings. The minimum Gasteiger partial charge on any atom is -0.486 e. The first-order valence-corrected chi connectivity index (χ1v) is 14.5. The highest BCUT2D eigenvalue weighted by atomic mass is 32.1. The van der Waals surface area contributed by atoms with Crippen LogP contribution >= 0.6 is 11.3 Å². The van der Waals surface area contributed by atoms with Crippen LogP contribution in [0.1, 0.15) is 36.7 Å². The van der Waals surface area contributed by atoms with Crippen LogP contribution in [0.5, 0.6) is 11.5 Å². The molecule has 0 aliphatic carbocycles. The van der Waals surface area contributed by atoms with E-state index in [1.807, 2.05) is 31.1 Å². The number of thiophene rings is 1. The summed E-state index contributed by atoms with van der Waals surface area (Å²) in [5.41, 5.74) is 2.21. The number of nitrogens with one attached hydrogen (secondary N) is 3. The van der Waals surface area contributed by atoms with Crippen molar-refractivity contribution in [2.24, 2.45) is 0 Å². The second kappa shape index (κ2) is 13.6. The third-order valence-corrected chi connectivity index (χ3v) is 6.78. The van der Waals surface area contributed by atoms with Crippen LogP contribution in [0, 0.1) is 0 Å². The van der Waals surface area contributed by atoms with E-state index in [-0.39, 0.29) is 11.9 Å². The molecule has 0 saturated heterocycles. The summed E-state index contributed by atoms with van der Waals surface area (Å²) in [6.45, 7) is 7.82. The van der Waals surface area contributed by atoms with Crippen molar-refractivity contribution in [3.8, 4) is 11.5 Å². The number of urea groups is 1. The Balaban J connectivity index is 1.38. The SMILES string of the molecule is CN(C)CCN(Cc1ccc(C(=O)Nc2cscc2NC(=O)OC(C)(C)C)cc1)C(=O)Nc1ccc2c(c1)OCCO2. The van der Waals surface area contributed by atoms with Gasteiger partial charge in [-0.15, -0.1) is 11.3 Å². The van der Waals surface area contributed by atoms with E-state index in [0.29, 0.717) is 67.0 Å². The number of carbonyl (C=O) groups is 3. The van der Waals surface area contributed by atoms with E-state index in [1.165, 1.54) is 11.3 Å². The van der Waals surface area contributed by atoms with Crippen molar-refractivity contribution in [1.82, 2.24) is 9.80 Å². The Morgan fingerprint density at radius 2 is 1.55 bits per heavy atom. The Labute approximate surface area is 249 Å². The van der Waals surface area contributed by atoms with Gasteiger partial charge in [0.25, 0.3) is 5.91 Å². The fourth-order valence-corrected chi connectivity index (χ4v) is 4.69. The van der Waals surface area contributed by atoms with Gasteiger partial charge in [-0.05, 0) is 64.7 Å². The van der Waals surface area contributed by atoms with Crippen LogP contribution in [0.15, 0.2) is 53.2 Å². The molecule has 0 atom stereocenters. The van der Waals surface area contributed by atoms with Crippen LogP contribution in [0.2, 0.25) is 0 Å². The fourth-order valence-electron chi connectivity index (χ4n) is 3.98. The lowest BCUT2D eigenvalue weighted by molar-refractivity contribution is 0.0635. The molecule has 3 N–H and O–H groups in total. The molecule has 0 fully saturated rings. The van der Waals surface area contributed by atoms with Gasteiger partial charge in [0.2, 0.25) is 0 Å². The molecular formula is C30H37N5O6S. The number of amides is 4. The number of benzene rings is 2. The van der Waals surface area contributed by atoms with Gasteiger partial charge in [0, 0.05) is 47.7 Å². The number of ether oxygens (including phenoxy) is 3. The van der Waals surface area contributed by atoms with Crippen LogP contribution in [-0.2, 0) is 11.3 Å². The molecule has 0 bridgehead atoms. The fraction of sp³-hybridized carbons (Fsp3) is 0.367. The van der Waals surface area contributed by atoms with Crippen LogP contribution in [-0.4, -0.2) is 73.8 Å². The van der Waals surface area contributed by atoms with E-state index in [9.17, 15) is 14.4 Å². The first-order valence-electron chi connectivity index (χ1n) is 13.5. The summed E-state index contributed by atoms with van der Waals surface area (Å²) in [7, 11) is 3.90. The third-order valence-electron chi connectivity index (χ3n) is 6.03. The first-order chi connectivity index (χ1) is 20.0. The number of nitrogens with zero attached hydrogens (tertiary/aromatic N) is 2. The summed E-state index contributed by atoms with van der Waals surface area (Å²) in [6, 6.07) is 12.1. The number of hydrogen-bond donors (Lipinski definition) is 3. The predicted molar refractivity (Wildman–Crippen MR) is 164 cm³/mol. The van der Waals surface area contributed by atoms with Gasteiger partial charge in [-0.2, -0.15) is 0 Å². The first kappa shape index (κ1) is 30.7. The molecule has 0 saturated carbocycles. The summed E-state index contributed by atoms with van der Waals surface area (Å²) < 4.78 is 16.5. The number of rotatable bonds is 9. The molecule has 224 valence electrons. The van der Waals surface area contributed by atoms with Gasteiger partial charge >= 0.3 is 12.1 Å². The van der Waals surface area contributed by atoms with Crippen molar-refractivity contribution in [3.05, 3.63) is 64.4 Å². The van der Waals surface area contributed by atoms with Crippen LogP contribution in [0.25, 0.3) is 0 Å². The van der Waals surface area contributed by atoms with E-state index < -0.39 is 11.7 Å². The maximum Gasteiger partial charge on any atom is 0.412 e. The van der Waals surface area contributed by atoms with Gasteiger partial charge in [0.15, 0.2) is 11.5 Å². The largest absolute Gasteiger partial charge is 0.486 e. The summed E-state index contributed by atoms with van der Waals surface area (Å²) in [6.07, 6.45) is -0.599. The Kier molecular flexibility index (Phi) is 9.92. The second-order valence-electron chi connectivity index (χ2n) is 11.0. The maximum atomic E-state index is 13.3. The highest BCUT2D eigenvalue weighted by Crippen LogP contribution is 2.33. The second-order valence-corrected chi connectivity index (χ2v) is 11.7. The van der Waals surface area contributed by atoms with E-state index in [0.717, 1.165) is 5.56 Å². The van der Waals surface area contributed by atoms with Gasteiger partial charge in [-0.25, -0.2) is 9.59 Å². The smallest absolute Gasteiger partial charge is 0.412 e. The van der Waals surface area contributed by atoms with Gasteiger partial charge in [-0.3, -0.25) is 10.1 Å². The van der Waals surface area contributed by atoms with E-state index in [4.69, 9.17) is 14.2 Å². The van der Waals surface area contributed by atoms with E-state index in [2.05, 4.69) is 16.0 Å². The molecular weight excluding hydrogens is 558 g/mol. The van der Waals surface area contributed by atoms with Crippen LogP contribution in [0.4, 0.5) is 26.7 Å². The number of carbonyl (C=O) groups excluding carboxylic acids is 3. The Morgan fingerprint density at radius 1 is 0.881 bits per heavy atom.